The van der Waals surface area contributed by atoms with Crippen molar-refractivity contribution in [3.63, 3.8) is 0 Å². The summed E-state index contributed by atoms with van der Waals surface area (Å²) in [4.78, 5) is 25.5. The molecule has 0 aliphatic carbocycles. The first-order valence-electron chi connectivity index (χ1n) is 11.4. The predicted molar refractivity (Wildman–Crippen MR) is 128 cm³/mol. The zero-order chi connectivity index (χ0) is 23.8. The van der Waals surface area contributed by atoms with Gasteiger partial charge in [-0.3, -0.25) is 9.59 Å². The van der Waals surface area contributed by atoms with E-state index in [4.69, 9.17) is 22.8 Å². The zero-order valence-electron chi connectivity index (χ0n) is 20.0. The number of thioether (sulfide) groups is 1. The van der Waals surface area contributed by atoms with Gasteiger partial charge in [-0.1, -0.05) is 30.3 Å². The Morgan fingerprint density at radius 3 is 1.75 bits per heavy atom. The van der Waals surface area contributed by atoms with Gasteiger partial charge in [0, 0.05) is 25.9 Å². The van der Waals surface area contributed by atoms with E-state index >= 15 is 0 Å². The van der Waals surface area contributed by atoms with Crippen molar-refractivity contribution >= 4 is 32.5 Å². The molecule has 1 atom stereocenters. The van der Waals surface area contributed by atoms with Gasteiger partial charge < -0.3 is 22.8 Å². The zero-order valence-corrected chi connectivity index (χ0v) is 21.8. The number of esters is 2. The number of carbonyl (C=O) groups is 2. The second kappa shape index (κ2) is 16.3. The fraction of sp³-hybridized carbons (Fsp3) is 0.652. The van der Waals surface area contributed by atoms with Crippen molar-refractivity contribution in [2.24, 2.45) is 5.92 Å². The summed E-state index contributed by atoms with van der Waals surface area (Å²) in [6.07, 6.45) is 0.762. The Hall–Kier alpha value is -1.39. The highest BCUT2D eigenvalue weighted by molar-refractivity contribution is 7.99. The normalized spacial score (nSPS) is 12.6. The maximum atomic E-state index is 12.7. The van der Waals surface area contributed by atoms with Gasteiger partial charge in [-0.15, -0.1) is 0 Å². The van der Waals surface area contributed by atoms with Crippen molar-refractivity contribution in [2.45, 2.75) is 52.3 Å². The molecule has 0 saturated heterocycles. The summed E-state index contributed by atoms with van der Waals surface area (Å²) in [5.41, 5.74) is 0.881. The molecule has 182 valence electrons. The van der Waals surface area contributed by atoms with Gasteiger partial charge in [-0.05, 0) is 52.4 Å². The Morgan fingerprint density at radius 1 is 0.812 bits per heavy atom. The van der Waals surface area contributed by atoms with E-state index in [1.54, 1.807) is 13.8 Å². The quantitative estimate of drug-likeness (QED) is 0.136. The molecule has 7 nitrogen and oxygen atoms in total. The Labute approximate surface area is 197 Å². The molecule has 0 fully saturated rings. The van der Waals surface area contributed by atoms with Crippen molar-refractivity contribution in [3.05, 3.63) is 35.9 Å². The lowest BCUT2D eigenvalue weighted by molar-refractivity contribution is -0.161. The van der Waals surface area contributed by atoms with E-state index in [2.05, 4.69) is 0 Å². The smallest absolute Gasteiger partial charge is 0.465 e. The van der Waals surface area contributed by atoms with Crippen LogP contribution in [0.4, 0.5) is 0 Å². The number of carbonyl (C=O) groups excluding carboxylic acids is 2. The molecule has 0 heterocycles. The molecule has 0 N–H and O–H groups in total. The minimum atomic E-state index is -2.74. The predicted octanol–water partition coefficient (Wildman–Crippen LogP) is 4.64. The van der Waals surface area contributed by atoms with Crippen LogP contribution < -0.4 is 0 Å². The van der Waals surface area contributed by atoms with E-state index in [1.165, 1.54) is 11.8 Å². The lowest BCUT2D eigenvalue weighted by Crippen LogP contribution is -2.46. The number of ether oxygens (including phenoxy) is 2. The summed E-state index contributed by atoms with van der Waals surface area (Å²) < 4.78 is 28.2. The topological polar surface area (TPSA) is 80.3 Å². The standard InChI is InChI=1S/C23H38O7SSi/c1-6-26-22(24)20(23(25)27-7-2)21(19-15-12-11-13-16-19)31-17-14-18-32(28-8-3,29-9-4)30-10-5/h11-13,15-16,20-21H,6-10,14,17-18H2,1-5H3. The maximum Gasteiger partial charge on any atom is 0.500 e. The van der Waals surface area contributed by atoms with E-state index in [9.17, 15) is 9.59 Å². The molecule has 0 aromatic heterocycles. The highest BCUT2D eigenvalue weighted by Gasteiger charge is 2.41. The van der Waals surface area contributed by atoms with Crippen LogP contribution in [0.1, 0.15) is 51.9 Å². The summed E-state index contributed by atoms with van der Waals surface area (Å²) in [5.74, 6) is -1.46. The largest absolute Gasteiger partial charge is 0.500 e. The molecule has 0 spiro atoms. The maximum absolute atomic E-state index is 12.7. The van der Waals surface area contributed by atoms with Crippen LogP contribution in [0, 0.1) is 5.92 Å². The molecule has 1 rings (SSSR count). The molecule has 1 aromatic carbocycles. The van der Waals surface area contributed by atoms with Crippen LogP contribution >= 0.6 is 11.8 Å². The van der Waals surface area contributed by atoms with Crippen molar-refractivity contribution in [3.8, 4) is 0 Å². The van der Waals surface area contributed by atoms with Crippen LogP contribution in [-0.2, 0) is 32.3 Å². The second-order valence-corrected chi connectivity index (χ2v) is 10.8. The average molecular weight is 487 g/mol. The van der Waals surface area contributed by atoms with Crippen LogP contribution in [-0.4, -0.2) is 59.5 Å². The first kappa shape index (κ1) is 28.6. The fourth-order valence-electron chi connectivity index (χ4n) is 3.34. The van der Waals surface area contributed by atoms with E-state index < -0.39 is 31.9 Å². The molecular weight excluding hydrogens is 448 g/mol. The van der Waals surface area contributed by atoms with Crippen molar-refractivity contribution in [2.75, 3.05) is 38.8 Å². The van der Waals surface area contributed by atoms with Gasteiger partial charge in [-0.2, -0.15) is 11.8 Å². The molecule has 1 aromatic rings. The van der Waals surface area contributed by atoms with E-state index in [-0.39, 0.29) is 13.2 Å². The van der Waals surface area contributed by atoms with E-state index in [0.717, 1.165) is 12.0 Å². The molecular formula is C23H38O7SSi. The van der Waals surface area contributed by atoms with Crippen LogP contribution in [0.5, 0.6) is 0 Å². The molecule has 0 saturated carbocycles. The minimum absolute atomic E-state index is 0.201. The van der Waals surface area contributed by atoms with Crippen molar-refractivity contribution in [1.29, 1.82) is 0 Å². The Morgan fingerprint density at radius 2 is 1.31 bits per heavy atom. The van der Waals surface area contributed by atoms with Crippen LogP contribution in [0.2, 0.25) is 6.04 Å². The molecule has 0 radical (unpaired) electrons. The minimum Gasteiger partial charge on any atom is -0.465 e. The van der Waals surface area contributed by atoms with E-state index in [1.807, 2.05) is 51.1 Å². The summed E-state index contributed by atoms with van der Waals surface area (Å²) >= 11 is 1.54. The number of hydrogen-bond acceptors (Lipinski definition) is 8. The summed E-state index contributed by atoms with van der Waals surface area (Å²) in [7, 11) is -2.74. The second-order valence-electron chi connectivity index (χ2n) is 6.77. The third-order valence-electron chi connectivity index (χ3n) is 4.53. The van der Waals surface area contributed by atoms with Crippen molar-refractivity contribution in [1.82, 2.24) is 0 Å². The molecule has 0 aliphatic heterocycles. The van der Waals surface area contributed by atoms with Gasteiger partial charge in [0.2, 0.25) is 0 Å². The van der Waals surface area contributed by atoms with E-state index in [0.29, 0.717) is 31.6 Å². The lowest BCUT2D eigenvalue weighted by atomic mass is 9.98. The highest BCUT2D eigenvalue weighted by Crippen LogP contribution is 2.38. The summed E-state index contributed by atoms with van der Waals surface area (Å²) in [5, 5.41) is -0.420. The highest BCUT2D eigenvalue weighted by atomic mass is 32.2. The Bertz CT molecular complexity index is 624. The number of rotatable bonds is 17. The number of hydrogen-bond donors (Lipinski definition) is 0. The van der Waals surface area contributed by atoms with Gasteiger partial charge in [0.15, 0.2) is 5.92 Å². The first-order chi connectivity index (χ1) is 15.5. The van der Waals surface area contributed by atoms with Gasteiger partial charge >= 0.3 is 20.7 Å². The molecule has 0 amide bonds. The average Bonchev–Trinajstić information content (AvgIpc) is 2.77. The summed E-state index contributed by atoms with van der Waals surface area (Å²) in [6, 6.07) is 10.2. The van der Waals surface area contributed by atoms with Crippen LogP contribution in [0.25, 0.3) is 0 Å². The monoisotopic (exact) mass is 486 g/mol. The van der Waals surface area contributed by atoms with Gasteiger partial charge in [0.25, 0.3) is 0 Å². The SMILES string of the molecule is CCOC(=O)C(C(=O)OCC)C(SCCC[Si](OCC)(OCC)OCC)c1ccccc1. The molecule has 0 aliphatic rings. The fourth-order valence-corrected chi connectivity index (χ4v) is 7.53. The van der Waals surface area contributed by atoms with Gasteiger partial charge in [0.1, 0.15) is 0 Å². The van der Waals surface area contributed by atoms with Crippen LogP contribution in [0.3, 0.4) is 0 Å². The van der Waals surface area contributed by atoms with Crippen molar-refractivity contribution < 1.29 is 32.3 Å². The Balaban J connectivity index is 3.02. The first-order valence-corrected chi connectivity index (χ1v) is 14.4. The lowest BCUT2D eigenvalue weighted by Gasteiger charge is -2.29. The van der Waals surface area contributed by atoms with Gasteiger partial charge in [-0.25, -0.2) is 0 Å². The molecule has 32 heavy (non-hydrogen) atoms. The number of benzene rings is 1. The third-order valence-corrected chi connectivity index (χ3v) is 9.11. The van der Waals surface area contributed by atoms with Gasteiger partial charge in [0.05, 0.1) is 18.5 Å². The molecule has 9 heteroatoms. The third kappa shape index (κ3) is 9.23. The molecule has 0 bridgehead atoms. The summed E-state index contributed by atoms with van der Waals surface area (Å²) in [6.45, 7) is 11.2. The Kier molecular flexibility index (Phi) is 14.5. The molecule has 1 unspecified atom stereocenters. The van der Waals surface area contributed by atoms with Crippen LogP contribution in [0.15, 0.2) is 30.3 Å².